The molecule has 0 atom stereocenters. The van der Waals surface area contributed by atoms with E-state index in [4.69, 9.17) is 4.74 Å². The van der Waals surface area contributed by atoms with Crippen molar-refractivity contribution in [1.29, 1.82) is 0 Å². The van der Waals surface area contributed by atoms with E-state index in [1.807, 2.05) is 20.8 Å². The topological polar surface area (TPSA) is 41.6 Å². The molecule has 1 aromatic rings. The molecule has 1 saturated heterocycles. The third kappa shape index (κ3) is 7.04. The summed E-state index contributed by atoms with van der Waals surface area (Å²) in [5, 5.41) is 2.86. The van der Waals surface area contributed by atoms with Crippen LogP contribution in [0.2, 0.25) is 0 Å². The zero-order chi connectivity index (χ0) is 16.7. The van der Waals surface area contributed by atoms with Crippen LogP contribution < -0.4 is 5.32 Å². The Labute approximate surface area is 140 Å². The highest BCUT2D eigenvalue weighted by Crippen LogP contribution is 2.21. The summed E-state index contributed by atoms with van der Waals surface area (Å²) < 4.78 is 5.25. The Kier molecular flexibility index (Phi) is 6.46. The van der Waals surface area contributed by atoms with Crippen LogP contribution in [0.5, 0.6) is 0 Å². The summed E-state index contributed by atoms with van der Waals surface area (Å²) in [5.41, 5.74) is 0.963. The SMILES string of the molecule is CC(C)(C)OC(=O)NCCC1CCN(Cc2ccccc2)CC1. The molecule has 2 rings (SSSR count). The maximum absolute atomic E-state index is 11.6. The van der Waals surface area contributed by atoms with Gasteiger partial charge in [-0.1, -0.05) is 30.3 Å². The Morgan fingerprint density at radius 2 is 1.87 bits per heavy atom. The number of hydrogen-bond donors (Lipinski definition) is 1. The molecule has 0 aromatic heterocycles. The van der Waals surface area contributed by atoms with E-state index in [0.717, 1.165) is 26.1 Å². The van der Waals surface area contributed by atoms with Gasteiger partial charge in [-0.2, -0.15) is 0 Å². The molecular formula is C19H30N2O2. The van der Waals surface area contributed by atoms with E-state index >= 15 is 0 Å². The number of nitrogens with one attached hydrogen (secondary N) is 1. The monoisotopic (exact) mass is 318 g/mol. The summed E-state index contributed by atoms with van der Waals surface area (Å²) >= 11 is 0. The van der Waals surface area contributed by atoms with E-state index in [9.17, 15) is 4.79 Å². The lowest BCUT2D eigenvalue weighted by atomic mass is 9.93. The third-order valence-corrected chi connectivity index (χ3v) is 4.18. The number of nitrogens with zero attached hydrogens (tertiary/aromatic N) is 1. The molecule has 1 aliphatic heterocycles. The van der Waals surface area contributed by atoms with Crippen LogP contribution in [0.3, 0.4) is 0 Å². The van der Waals surface area contributed by atoms with Crippen LogP contribution in [-0.4, -0.2) is 36.2 Å². The molecule has 1 heterocycles. The van der Waals surface area contributed by atoms with E-state index in [2.05, 4.69) is 40.5 Å². The average molecular weight is 318 g/mol. The molecule has 4 nitrogen and oxygen atoms in total. The molecule has 1 fully saturated rings. The van der Waals surface area contributed by atoms with Crippen molar-refractivity contribution in [3.05, 3.63) is 35.9 Å². The van der Waals surface area contributed by atoms with Gasteiger partial charge in [0, 0.05) is 13.1 Å². The molecule has 1 aromatic carbocycles. The van der Waals surface area contributed by atoms with Crippen molar-refractivity contribution in [2.75, 3.05) is 19.6 Å². The molecule has 0 radical (unpaired) electrons. The van der Waals surface area contributed by atoms with Gasteiger partial charge in [0.25, 0.3) is 0 Å². The second kappa shape index (κ2) is 8.34. The zero-order valence-electron chi connectivity index (χ0n) is 14.7. The predicted molar refractivity (Wildman–Crippen MR) is 93.3 cm³/mol. The number of piperidine rings is 1. The van der Waals surface area contributed by atoms with Gasteiger partial charge in [0.15, 0.2) is 0 Å². The Bertz CT molecular complexity index is 474. The van der Waals surface area contributed by atoms with Crippen LogP contribution in [0, 0.1) is 5.92 Å². The van der Waals surface area contributed by atoms with Gasteiger partial charge in [-0.05, 0) is 64.6 Å². The first-order valence-electron chi connectivity index (χ1n) is 8.65. The van der Waals surface area contributed by atoms with Gasteiger partial charge in [0.2, 0.25) is 0 Å². The molecule has 1 N–H and O–H groups in total. The smallest absolute Gasteiger partial charge is 0.407 e. The minimum atomic E-state index is -0.424. The van der Waals surface area contributed by atoms with Gasteiger partial charge in [-0.3, -0.25) is 4.90 Å². The lowest BCUT2D eigenvalue weighted by Crippen LogP contribution is -2.36. The molecule has 1 aliphatic rings. The predicted octanol–water partition coefficient (Wildman–Crippen LogP) is 3.81. The maximum Gasteiger partial charge on any atom is 0.407 e. The highest BCUT2D eigenvalue weighted by atomic mass is 16.6. The molecular weight excluding hydrogens is 288 g/mol. The number of carbonyl (C=O) groups is 1. The molecule has 23 heavy (non-hydrogen) atoms. The van der Waals surface area contributed by atoms with Gasteiger partial charge >= 0.3 is 6.09 Å². The maximum atomic E-state index is 11.6. The van der Waals surface area contributed by atoms with Crippen LogP contribution in [0.15, 0.2) is 30.3 Å². The number of alkyl carbamates (subject to hydrolysis) is 1. The van der Waals surface area contributed by atoms with Crippen LogP contribution in [0.25, 0.3) is 0 Å². The molecule has 1 amide bonds. The van der Waals surface area contributed by atoms with Crippen LogP contribution >= 0.6 is 0 Å². The number of likely N-dealkylation sites (tertiary alicyclic amines) is 1. The third-order valence-electron chi connectivity index (χ3n) is 4.18. The van der Waals surface area contributed by atoms with Crippen molar-refractivity contribution in [2.24, 2.45) is 5.92 Å². The number of ether oxygens (including phenoxy) is 1. The summed E-state index contributed by atoms with van der Waals surface area (Å²) in [4.78, 5) is 14.1. The van der Waals surface area contributed by atoms with Crippen molar-refractivity contribution in [3.8, 4) is 0 Å². The van der Waals surface area contributed by atoms with E-state index in [-0.39, 0.29) is 6.09 Å². The molecule has 0 bridgehead atoms. The van der Waals surface area contributed by atoms with Crippen LogP contribution in [-0.2, 0) is 11.3 Å². The van der Waals surface area contributed by atoms with Crippen LogP contribution in [0.4, 0.5) is 4.79 Å². The zero-order valence-corrected chi connectivity index (χ0v) is 14.7. The van der Waals surface area contributed by atoms with Crippen molar-refractivity contribution >= 4 is 6.09 Å². The normalized spacial score (nSPS) is 17.0. The fraction of sp³-hybridized carbons (Fsp3) is 0.632. The van der Waals surface area contributed by atoms with Gasteiger partial charge < -0.3 is 10.1 Å². The number of benzene rings is 1. The van der Waals surface area contributed by atoms with E-state index in [0.29, 0.717) is 12.5 Å². The highest BCUT2D eigenvalue weighted by molar-refractivity contribution is 5.67. The molecule has 0 unspecified atom stereocenters. The van der Waals surface area contributed by atoms with Crippen LogP contribution in [0.1, 0.15) is 45.6 Å². The molecule has 128 valence electrons. The minimum absolute atomic E-state index is 0.306. The van der Waals surface area contributed by atoms with E-state index in [1.54, 1.807) is 0 Å². The first-order chi connectivity index (χ1) is 10.9. The lowest BCUT2D eigenvalue weighted by Gasteiger charge is -2.32. The van der Waals surface area contributed by atoms with Gasteiger partial charge in [-0.15, -0.1) is 0 Å². The first kappa shape index (κ1) is 17.8. The lowest BCUT2D eigenvalue weighted by molar-refractivity contribution is 0.0522. The minimum Gasteiger partial charge on any atom is -0.444 e. The van der Waals surface area contributed by atoms with Crippen molar-refractivity contribution in [1.82, 2.24) is 10.2 Å². The second-order valence-corrected chi connectivity index (χ2v) is 7.42. The molecule has 0 saturated carbocycles. The second-order valence-electron chi connectivity index (χ2n) is 7.42. The van der Waals surface area contributed by atoms with E-state index in [1.165, 1.54) is 18.4 Å². The molecule has 0 aliphatic carbocycles. The van der Waals surface area contributed by atoms with Gasteiger partial charge in [0.05, 0.1) is 0 Å². The summed E-state index contributed by atoms with van der Waals surface area (Å²) in [6, 6.07) is 10.6. The highest BCUT2D eigenvalue weighted by Gasteiger charge is 2.20. The number of hydrogen-bond acceptors (Lipinski definition) is 3. The first-order valence-corrected chi connectivity index (χ1v) is 8.65. The Morgan fingerprint density at radius 1 is 1.22 bits per heavy atom. The summed E-state index contributed by atoms with van der Waals surface area (Å²) in [7, 11) is 0. The fourth-order valence-electron chi connectivity index (χ4n) is 2.97. The Morgan fingerprint density at radius 3 is 2.48 bits per heavy atom. The quantitative estimate of drug-likeness (QED) is 0.897. The largest absolute Gasteiger partial charge is 0.444 e. The molecule has 0 spiro atoms. The standard InChI is InChI=1S/C19H30N2O2/c1-19(2,3)23-18(22)20-12-9-16-10-13-21(14-11-16)15-17-7-5-4-6-8-17/h4-8,16H,9-15H2,1-3H3,(H,20,22). The van der Waals surface area contributed by atoms with Gasteiger partial charge in [0.1, 0.15) is 5.60 Å². The molecule has 4 heteroatoms. The summed E-state index contributed by atoms with van der Waals surface area (Å²) in [6.07, 6.45) is 3.16. The summed E-state index contributed by atoms with van der Waals surface area (Å²) in [6.45, 7) is 9.69. The number of carbonyl (C=O) groups excluding carboxylic acids is 1. The Balaban J connectivity index is 1.61. The van der Waals surface area contributed by atoms with Gasteiger partial charge in [-0.25, -0.2) is 4.79 Å². The van der Waals surface area contributed by atoms with Crippen molar-refractivity contribution in [3.63, 3.8) is 0 Å². The number of amides is 1. The summed E-state index contributed by atoms with van der Waals surface area (Å²) in [5.74, 6) is 0.706. The van der Waals surface area contributed by atoms with Crippen molar-refractivity contribution in [2.45, 2.75) is 52.2 Å². The van der Waals surface area contributed by atoms with E-state index < -0.39 is 5.60 Å². The average Bonchev–Trinajstić information content (AvgIpc) is 2.48. The fourth-order valence-corrected chi connectivity index (χ4v) is 2.97. The Hall–Kier alpha value is -1.55. The number of rotatable bonds is 5. The van der Waals surface area contributed by atoms with Crippen molar-refractivity contribution < 1.29 is 9.53 Å².